The van der Waals surface area contributed by atoms with Crippen molar-refractivity contribution in [3.63, 3.8) is 0 Å². The number of nitrogens with zero attached hydrogens (tertiary/aromatic N) is 1. The summed E-state index contributed by atoms with van der Waals surface area (Å²) in [5, 5.41) is 8.87. The molecular formula is C17H23NO2. The SMILES string of the molecule is COc1ccc(C#CCO)c(CN2CCCC(C)C2)c1. The van der Waals surface area contributed by atoms with Gasteiger partial charge in [0.15, 0.2) is 0 Å². The molecule has 20 heavy (non-hydrogen) atoms. The van der Waals surface area contributed by atoms with Crippen molar-refractivity contribution in [2.75, 3.05) is 26.8 Å². The van der Waals surface area contributed by atoms with Gasteiger partial charge in [-0.25, -0.2) is 0 Å². The monoisotopic (exact) mass is 273 g/mol. The number of likely N-dealkylation sites (tertiary alicyclic amines) is 1. The number of rotatable bonds is 3. The van der Waals surface area contributed by atoms with Crippen molar-refractivity contribution in [2.24, 2.45) is 5.92 Å². The maximum absolute atomic E-state index is 8.87. The summed E-state index contributed by atoms with van der Waals surface area (Å²) in [5.74, 6) is 7.39. The smallest absolute Gasteiger partial charge is 0.119 e. The van der Waals surface area contributed by atoms with Crippen LogP contribution in [0.3, 0.4) is 0 Å². The van der Waals surface area contributed by atoms with E-state index in [-0.39, 0.29) is 6.61 Å². The average Bonchev–Trinajstić information content (AvgIpc) is 2.46. The van der Waals surface area contributed by atoms with Gasteiger partial charge in [-0.15, -0.1) is 0 Å². The van der Waals surface area contributed by atoms with Gasteiger partial charge in [0.05, 0.1) is 7.11 Å². The van der Waals surface area contributed by atoms with Gasteiger partial charge in [0.1, 0.15) is 12.4 Å². The number of hydrogen-bond acceptors (Lipinski definition) is 3. The second-order valence-corrected chi connectivity index (χ2v) is 5.47. The number of methoxy groups -OCH3 is 1. The number of aliphatic hydroxyl groups excluding tert-OH is 1. The van der Waals surface area contributed by atoms with Gasteiger partial charge in [0.25, 0.3) is 0 Å². The minimum Gasteiger partial charge on any atom is -0.497 e. The minimum absolute atomic E-state index is 0.105. The first kappa shape index (κ1) is 14.9. The third-order valence-electron chi connectivity index (χ3n) is 3.75. The fourth-order valence-electron chi connectivity index (χ4n) is 2.76. The minimum atomic E-state index is -0.105. The lowest BCUT2D eigenvalue weighted by molar-refractivity contribution is 0.176. The van der Waals surface area contributed by atoms with Crippen molar-refractivity contribution < 1.29 is 9.84 Å². The first-order valence-corrected chi connectivity index (χ1v) is 7.22. The van der Waals surface area contributed by atoms with Crippen LogP contribution < -0.4 is 4.74 Å². The van der Waals surface area contributed by atoms with Crippen molar-refractivity contribution in [1.82, 2.24) is 4.90 Å². The van der Waals surface area contributed by atoms with E-state index in [1.54, 1.807) is 7.11 Å². The molecule has 0 amide bonds. The normalized spacial score (nSPS) is 19.2. The van der Waals surface area contributed by atoms with Gasteiger partial charge in [0.2, 0.25) is 0 Å². The summed E-state index contributed by atoms with van der Waals surface area (Å²) in [6, 6.07) is 5.95. The standard InChI is InChI=1S/C17H23NO2/c1-14-5-3-9-18(12-14)13-16-11-17(20-2)8-7-15(16)6-4-10-19/h7-8,11,14,19H,3,5,9-10,12-13H2,1-2H3. The highest BCUT2D eigenvalue weighted by atomic mass is 16.5. The Morgan fingerprint density at radius 3 is 3.00 bits per heavy atom. The van der Waals surface area contributed by atoms with Crippen LogP contribution in [-0.2, 0) is 6.54 Å². The molecule has 0 aromatic heterocycles. The molecule has 0 saturated carbocycles. The van der Waals surface area contributed by atoms with Crippen LogP contribution in [0.25, 0.3) is 0 Å². The predicted molar refractivity (Wildman–Crippen MR) is 80.6 cm³/mol. The number of hydrogen-bond donors (Lipinski definition) is 1. The average molecular weight is 273 g/mol. The van der Waals surface area contributed by atoms with Gasteiger partial charge in [-0.05, 0) is 49.1 Å². The predicted octanol–water partition coefficient (Wildman–Crippen LogP) is 2.27. The topological polar surface area (TPSA) is 32.7 Å². The second-order valence-electron chi connectivity index (χ2n) is 5.47. The molecule has 0 aliphatic carbocycles. The van der Waals surface area contributed by atoms with Crippen LogP contribution in [0.15, 0.2) is 18.2 Å². The Labute approximate surface area is 121 Å². The molecule has 1 fully saturated rings. The molecule has 108 valence electrons. The summed E-state index contributed by atoms with van der Waals surface area (Å²) in [7, 11) is 1.68. The Morgan fingerprint density at radius 1 is 1.45 bits per heavy atom. The Balaban J connectivity index is 2.18. The van der Waals surface area contributed by atoms with Gasteiger partial charge in [-0.3, -0.25) is 4.90 Å². The summed E-state index contributed by atoms with van der Waals surface area (Å²) in [6.07, 6.45) is 2.59. The highest BCUT2D eigenvalue weighted by Gasteiger charge is 2.17. The fourth-order valence-corrected chi connectivity index (χ4v) is 2.76. The van der Waals surface area contributed by atoms with Gasteiger partial charge in [-0.1, -0.05) is 18.8 Å². The van der Waals surface area contributed by atoms with E-state index in [0.29, 0.717) is 0 Å². The van der Waals surface area contributed by atoms with E-state index in [1.807, 2.05) is 12.1 Å². The molecule has 3 heteroatoms. The fraction of sp³-hybridized carbons (Fsp3) is 0.529. The number of aliphatic hydroxyl groups is 1. The van der Waals surface area contributed by atoms with Crippen LogP contribution in [0.1, 0.15) is 30.9 Å². The van der Waals surface area contributed by atoms with Crippen molar-refractivity contribution >= 4 is 0 Å². The van der Waals surface area contributed by atoms with Gasteiger partial charge >= 0.3 is 0 Å². The molecule has 1 saturated heterocycles. The van der Waals surface area contributed by atoms with Gasteiger partial charge < -0.3 is 9.84 Å². The quantitative estimate of drug-likeness (QED) is 0.858. The summed E-state index contributed by atoms with van der Waals surface area (Å²) < 4.78 is 5.31. The molecule has 1 aliphatic heterocycles. The first-order valence-electron chi connectivity index (χ1n) is 7.22. The van der Waals surface area contributed by atoms with Crippen LogP contribution in [0.2, 0.25) is 0 Å². The number of benzene rings is 1. The van der Waals surface area contributed by atoms with Crippen molar-refractivity contribution in [3.8, 4) is 17.6 Å². The van der Waals surface area contributed by atoms with E-state index in [1.165, 1.54) is 18.4 Å². The zero-order valence-electron chi connectivity index (χ0n) is 12.4. The molecule has 1 N–H and O–H groups in total. The van der Waals surface area contributed by atoms with Crippen molar-refractivity contribution in [3.05, 3.63) is 29.3 Å². The van der Waals surface area contributed by atoms with E-state index >= 15 is 0 Å². The molecule has 2 rings (SSSR count). The Kier molecular flexibility index (Phi) is 5.46. The van der Waals surface area contributed by atoms with Gasteiger partial charge in [-0.2, -0.15) is 0 Å². The number of piperidine rings is 1. The molecule has 0 bridgehead atoms. The second kappa shape index (κ2) is 7.33. The summed E-state index contributed by atoms with van der Waals surface area (Å²) in [4.78, 5) is 2.48. The van der Waals surface area contributed by atoms with E-state index < -0.39 is 0 Å². The third-order valence-corrected chi connectivity index (χ3v) is 3.75. The zero-order valence-corrected chi connectivity index (χ0v) is 12.4. The maximum Gasteiger partial charge on any atom is 0.119 e. The van der Waals surface area contributed by atoms with Crippen molar-refractivity contribution in [1.29, 1.82) is 0 Å². The third kappa shape index (κ3) is 4.00. The summed E-state index contributed by atoms with van der Waals surface area (Å²) in [6.45, 7) is 5.39. The van der Waals surface area contributed by atoms with Crippen molar-refractivity contribution in [2.45, 2.75) is 26.3 Å². The summed E-state index contributed by atoms with van der Waals surface area (Å²) >= 11 is 0. The Morgan fingerprint density at radius 2 is 2.30 bits per heavy atom. The number of ether oxygens (including phenoxy) is 1. The van der Waals surface area contributed by atoms with E-state index in [0.717, 1.165) is 36.9 Å². The summed E-state index contributed by atoms with van der Waals surface area (Å²) in [5.41, 5.74) is 2.16. The molecule has 0 radical (unpaired) electrons. The molecule has 1 heterocycles. The molecule has 1 aliphatic rings. The lowest BCUT2D eigenvalue weighted by atomic mass is 9.99. The Hall–Kier alpha value is -1.50. The first-order chi connectivity index (χ1) is 9.72. The lowest BCUT2D eigenvalue weighted by Crippen LogP contribution is -2.33. The molecule has 1 aromatic carbocycles. The molecule has 1 aromatic rings. The largest absolute Gasteiger partial charge is 0.497 e. The highest BCUT2D eigenvalue weighted by Crippen LogP contribution is 2.22. The molecule has 1 unspecified atom stereocenters. The molecule has 3 nitrogen and oxygen atoms in total. The van der Waals surface area contributed by atoms with Crippen LogP contribution in [0.5, 0.6) is 5.75 Å². The molecule has 1 atom stereocenters. The van der Waals surface area contributed by atoms with E-state index in [2.05, 4.69) is 29.7 Å². The van der Waals surface area contributed by atoms with Crippen LogP contribution in [0.4, 0.5) is 0 Å². The zero-order chi connectivity index (χ0) is 14.4. The highest BCUT2D eigenvalue weighted by molar-refractivity contribution is 5.45. The maximum atomic E-state index is 8.87. The van der Waals surface area contributed by atoms with Gasteiger partial charge in [0, 0.05) is 18.7 Å². The van der Waals surface area contributed by atoms with Crippen LogP contribution in [-0.4, -0.2) is 36.8 Å². The van der Waals surface area contributed by atoms with Crippen LogP contribution >= 0.6 is 0 Å². The molecule has 0 spiro atoms. The lowest BCUT2D eigenvalue weighted by Gasteiger charge is -2.31. The van der Waals surface area contributed by atoms with E-state index in [4.69, 9.17) is 9.84 Å². The van der Waals surface area contributed by atoms with Crippen LogP contribution in [0, 0.1) is 17.8 Å². The van der Waals surface area contributed by atoms with E-state index in [9.17, 15) is 0 Å². The Bertz CT molecular complexity index is 501. The molecular weight excluding hydrogens is 250 g/mol.